The second-order valence-electron chi connectivity index (χ2n) is 5.80. The molecule has 1 fully saturated rings. The highest BCUT2D eigenvalue weighted by Crippen LogP contribution is 2.38. The van der Waals surface area contributed by atoms with Crippen molar-refractivity contribution < 1.29 is 19.5 Å². The van der Waals surface area contributed by atoms with Gasteiger partial charge in [0.2, 0.25) is 0 Å². The summed E-state index contributed by atoms with van der Waals surface area (Å²) >= 11 is 0. The molecule has 0 amide bonds. The highest BCUT2D eigenvalue weighted by Gasteiger charge is 2.32. The molecule has 0 bridgehead atoms. The Labute approximate surface area is 136 Å². The summed E-state index contributed by atoms with van der Waals surface area (Å²) in [6.45, 7) is 4.44. The van der Waals surface area contributed by atoms with Gasteiger partial charge < -0.3 is 19.5 Å². The van der Waals surface area contributed by atoms with Gasteiger partial charge in [0.05, 0.1) is 12.5 Å². The Morgan fingerprint density at radius 3 is 2.70 bits per heavy atom. The molecule has 0 aliphatic carbocycles. The highest BCUT2D eigenvalue weighted by atomic mass is 16.5. The quantitative estimate of drug-likeness (QED) is 0.429. The lowest BCUT2D eigenvalue weighted by Crippen LogP contribution is -2.42. The number of hydrogen-bond donors (Lipinski definition) is 3. The third-order valence-electron chi connectivity index (χ3n) is 4.06. The molecule has 3 N–H and O–H groups in total. The van der Waals surface area contributed by atoms with Gasteiger partial charge in [-0.1, -0.05) is 18.2 Å². The summed E-state index contributed by atoms with van der Waals surface area (Å²) < 4.78 is 10.5. The monoisotopic (exact) mass is 322 g/mol. The number of hydrogen-bond acceptors (Lipinski definition) is 6. The third kappa shape index (κ3) is 4.92. The number of nitroso groups, excluding NO2 is 1. The van der Waals surface area contributed by atoms with Crippen molar-refractivity contribution in [3.63, 3.8) is 0 Å². The first kappa shape index (κ1) is 17.7. The molecule has 1 saturated heterocycles. The summed E-state index contributed by atoms with van der Waals surface area (Å²) in [6.07, 6.45) is 2.93. The molecular weight excluding hydrogens is 299 g/mol. The minimum Gasteiger partial charge on any atom is -0.492 e. The molecule has 1 aromatic carbocycles. The molecule has 3 rings (SSSR count). The van der Waals surface area contributed by atoms with Crippen LogP contribution in [0.1, 0.15) is 36.3 Å². The summed E-state index contributed by atoms with van der Waals surface area (Å²) in [6, 6.07) is 5.85. The van der Waals surface area contributed by atoms with E-state index in [-0.39, 0.29) is 5.92 Å². The fourth-order valence-corrected chi connectivity index (χ4v) is 2.79. The Hall–Kier alpha value is -1.64. The van der Waals surface area contributed by atoms with E-state index in [2.05, 4.69) is 10.7 Å². The van der Waals surface area contributed by atoms with Crippen molar-refractivity contribution in [3.8, 4) is 5.75 Å². The summed E-state index contributed by atoms with van der Waals surface area (Å²) in [5.41, 5.74) is 4.26. The van der Waals surface area contributed by atoms with Gasteiger partial charge in [0.15, 0.2) is 0 Å². The molecule has 8 heteroatoms. The molecule has 0 saturated carbocycles. The van der Waals surface area contributed by atoms with E-state index in [9.17, 15) is 4.91 Å². The van der Waals surface area contributed by atoms with Gasteiger partial charge in [0, 0.05) is 30.0 Å². The zero-order chi connectivity index (χ0) is 16.7. The van der Waals surface area contributed by atoms with Crippen LogP contribution in [-0.4, -0.2) is 42.9 Å². The van der Waals surface area contributed by atoms with Gasteiger partial charge in [-0.05, 0) is 31.7 Å². The first-order chi connectivity index (χ1) is 11.1. The van der Waals surface area contributed by atoms with Crippen LogP contribution >= 0.6 is 0 Å². The van der Waals surface area contributed by atoms with Crippen molar-refractivity contribution in [1.82, 2.24) is 5.43 Å². The zero-order valence-electron chi connectivity index (χ0n) is 13.3. The molecule has 0 spiro atoms. The van der Waals surface area contributed by atoms with E-state index in [1.807, 2.05) is 25.1 Å². The first-order valence-corrected chi connectivity index (χ1v) is 7.87. The zero-order valence-corrected chi connectivity index (χ0v) is 13.3. The normalized spacial score (nSPS) is 19.9. The maximum absolute atomic E-state index is 10.2. The Morgan fingerprint density at radius 1 is 1.39 bits per heavy atom. The van der Waals surface area contributed by atoms with Crippen LogP contribution in [0.4, 0.5) is 0 Å². The highest BCUT2D eigenvalue weighted by molar-refractivity contribution is 6.43. The fourth-order valence-electron chi connectivity index (χ4n) is 2.79. The summed E-state index contributed by atoms with van der Waals surface area (Å²) in [5.74, 6) is 0.0938. The molecule has 2 heterocycles. The predicted octanol–water partition coefficient (Wildman–Crippen LogP) is 1.31. The minimum absolute atomic E-state index is 0.0287. The SMILES string of the molecule is C1CCOC1.Cc1cccc2c1OC[C@H]2C[C@H](NN=O)B(O)O. The number of nitrogens with zero attached hydrogens (tertiary/aromatic N) is 1. The number of nitrogens with one attached hydrogen (secondary N) is 1. The van der Waals surface area contributed by atoms with Crippen LogP contribution in [0.15, 0.2) is 23.5 Å². The topological polar surface area (TPSA) is 100 Å². The van der Waals surface area contributed by atoms with Gasteiger partial charge in [0.1, 0.15) is 5.75 Å². The molecule has 2 atom stereocenters. The van der Waals surface area contributed by atoms with Gasteiger partial charge >= 0.3 is 7.12 Å². The van der Waals surface area contributed by atoms with Crippen molar-refractivity contribution in [1.29, 1.82) is 0 Å². The predicted molar refractivity (Wildman–Crippen MR) is 87.0 cm³/mol. The Morgan fingerprint density at radius 2 is 2.13 bits per heavy atom. The molecule has 0 unspecified atom stereocenters. The standard InChI is InChI=1S/C11H15BN2O4.C4H8O/c1-7-3-2-4-9-8(6-18-11(7)9)5-10(12(15)16)13-14-17;1-2-4-5-3-1/h2-4,8,10,15-16H,5-6H2,1H3,(H,13,17);1-4H2/t8-,10+;/m1./s1. The fraction of sp³-hybridized carbons (Fsp3) is 0.600. The Bertz CT molecular complexity index is 503. The largest absolute Gasteiger partial charge is 0.492 e. The molecule has 0 aromatic heterocycles. The van der Waals surface area contributed by atoms with Crippen LogP contribution in [0.2, 0.25) is 0 Å². The summed E-state index contributed by atoms with van der Waals surface area (Å²) in [5, 5.41) is 20.8. The number of ether oxygens (including phenoxy) is 2. The van der Waals surface area contributed by atoms with Gasteiger partial charge in [-0.3, -0.25) is 5.43 Å². The van der Waals surface area contributed by atoms with Crippen LogP contribution in [0.3, 0.4) is 0 Å². The molecule has 7 nitrogen and oxygen atoms in total. The molecule has 23 heavy (non-hydrogen) atoms. The molecular formula is C15H23BN2O5. The molecule has 1 aromatic rings. The molecule has 2 aliphatic heterocycles. The van der Waals surface area contributed by atoms with Gasteiger partial charge in [-0.2, -0.15) is 0 Å². The number of benzene rings is 1. The third-order valence-corrected chi connectivity index (χ3v) is 4.06. The average molecular weight is 322 g/mol. The smallest absolute Gasteiger partial charge is 0.477 e. The van der Waals surface area contributed by atoms with E-state index in [0.29, 0.717) is 13.0 Å². The number of aryl methyl sites for hydroxylation is 1. The lowest BCUT2D eigenvalue weighted by atomic mass is 9.74. The van der Waals surface area contributed by atoms with E-state index < -0.39 is 13.1 Å². The van der Waals surface area contributed by atoms with E-state index in [1.54, 1.807) is 0 Å². The molecule has 126 valence electrons. The molecule has 2 aliphatic rings. The summed E-state index contributed by atoms with van der Waals surface area (Å²) in [7, 11) is -1.63. The van der Waals surface area contributed by atoms with Crippen LogP contribution < -0.4 is 10.2 Å². The Kier molecular flexibility index (Phi) is 6.82. The van der Waals surface area contributed by atoms with E-state index in [0.717, 1.165) is 30.1 Å². The lowest BCUT2D eigenvalue weighted by molar-refractivity contribution is 0.198. The van der Waals surface area contributed by atoms with Crippen molar-refractivity contribution in [2.75, 3.05) is 19.8 Å². The average Bonchev–Trinajstić information content (AvgIpc) is 3.20. The summed E-state index contributed by atoms with van der Waals surface area (Å²) in [4.78, 5) is 10.2. The van der Waals surface area contributed by atoms with E-state index in [1.165, 1.54) is 12.8 Å². The Balaban J connectivity index is 0.000000326. The van der Waals surface area contributed by atoms with Crippen LogP contribution in [-0.2, 0) is 4.74 Å². The van der Waals surface area contributed by atoms with E-state index >= 15 is 0 Å². The maximum Gasteiger partial charge on any atom is 0.477 e. The van der Waals surface area contributed by atoms with Crippen LogP contribution in [0.5, 0.6) is 5.75 Å². The minimum atomic E-state index is -1.63. The number of rotatable bonds is 5. The lowest BCUT2D eigenvalue weighted by Gasteiger charge is -2.17. The van der Waals surface area contributed by atoms with Crippen molar-refractivity contribution >= 4 is 7.12 Å². The maximum atomic E-state index is 10.2. The van der Waals surface area contributed by atoms with Crippen LogP contribution in [0.25, 0.3) is 0 Å². The van der Waals surface area contributed by atoms with Crippen molar-refractivity contribution in [2.45, 2.75) is 38.0 Å². The second kappa shape index (κ2) is 8.86. The molecule has 0 radical (unpaired) electrons. The number of fused-ring (bicyclic) bond motifs is 1. The van der Waals surface area contributed by atoms with Gasteiger partial charge in [-0.25, -0.2) is 0 Å². The second-order valence-corrected chi connectivity index (χ2v) is 5.80. The van der Waals surface area contributed by atoms with Crippen LogP contribution in [0, 0.1) is 11.8 Å². The van der Waals surface area contributed by atoms with E-state index in [4.69, 9.17) is 19.5 Å². The first-order valence-electron chi connectivity index (χ1n) is 7.87. The van der Waals surface area contributed by atoms with Crippen molar-refractivity contribution in [3.05, 3.63) is 34.2 Å². The van der Waals surface area contributed by atoms with Crippen molar-refractivity contribution in [2.24, 2.45) is 5.29 Å². The van der Waals surface area contributed by atoms with Gasteiger partial charge in [0.25, 0.3) is 0 Å². The van der Waals surface area contributed by atoms with Gasteiger partial charge in [-0.15, -0.1) is 4.91 Å². The number of para-hydroxylation sites is 1.